The van der Waals surface area contributed by atoms with Gasteiger partial charge in [-0.3, -0.25) is 9.52 Å². The van der Waals surface area contributed by atoms with Crippen LogP contribution in [0.3, 0.4) is 0 Å². The van der Waals surface area contributed by atoms with Crippen molar-refractivity contribution in [3.8, 4) is 5.75 Å². The number of hydrogen-bond donors (Lipinski definition) is 1. The molecule has 0 saturated carbocycles. The molecule has 2 aliphatic rings. The number of nitrogens with one attached hydrogen (secondary N) is 1. The molecular formula is C25H34N4O4S. The number of sulfonamides is 1. The fourth-order valence-electron chi connectivity index (χ4n) is 4.58. The number of anilines is 3. The number of piperidine rings is 1. The maximum Gasteiger partial charge on any atom is 0.241 e. The highest BCUT2D eigenvalue weighted by Crippen LogP contribution is 2.23. The number of ether oxygens (including phenoxy) is 1. The van der Waals surface area contributed by atoms with E-state index in [-0.39, 0.29) is 5.91 Å². The van der Waals surface area contributed by atoms with E-state index in [0.717, 1.165) is 43.2 Å². The molecule has 0 bridgehead atoms. The van der Waals surface area contributed by atoms with Gasteiger partial charge in [-0.2, -0.15) is 0 Å². The van der Waals surface area contributed by atoms with E-state index in [9.17, 15) is 13.2 Å². The molecule has 2 heterocycles. The maximum atomic E-state index is 12.8. The molecule has 9 heteroatoms. The summed E-state index contributed by atoms with van der Waals surface area (Å²) < 4.78 is 33.1. The lowest BCUT2D eigenvalue weighted by Gasteiger charge is -2.28. The Kier molecular flexibility index (Phi) is 7.82. The summed E-state index contributed by atoms with van der Waals surface area (Å²) in [5, 5.41) is 0. The molecule has 1 amide bonds. The van der Waals surface area contributed by atoms with Gasteiger partial charge < -0.3 is 19.4 Å². The van der Waals surface area contributed by atoms with Gasteiger partial charge in [0.1, 0.15) is 11.5 Å². The third-order valence-electron chi connectivity index (χ3n) is 6.46. The van der Waals surface area contributed by atoms with Crippen LogP contribution in [0.5, 0.6) is 5.75 Å². The van der Waals surface area contributed by atoms with E-state index in [1.54, 1.807) is 24.1 Å². The van der Waals surface area contributed by atoms with Crippen molar-refractivity contribution >= 4 is 33.0 Å². The lowest BCUT2D eigenvalue weighted by Crippen LogP contribution is -2.39. The van der Waals surface area contributed by atoms with E-state index in [4.69, 9.17) is 4.74 Å². The van der Waals surface area contributed by atoms with Crippen molar-refractivity contribution in [1.29, 1.82) is 0 Å². The zero-order valence-electron chi connectivity index (χ0n) is 19.8. The van der Waals surface area contributed by atoms with Gasteiger partial charge in [0.25, 0.3) is 0 Å². The minimum Gasteiger partial charge on any atom is -0.497 e. The minimum absolute atomic E-state index is 0.367. The number of nitrogens with zero attached hydrogens (tertiary/aromatic N) is 3. The predicted octanol–water partition coefficient (Wildman–Crippen LogP) is 3.17. The molecule has 0 unspecified atom stereocenters. The standard InChI is InChI=1S/C25H34N4O4S/c1-33-24-12-10-23(11-13-24)28-16-5-17-29(19-18-28)25(30)20-34(31,32)26-21-6-8-22(9-7-21)27-14-3-2-4-15-27/h6-13,26H,2-5,14-20H2,1H3. The molecule has 1 N–H and O–H groups in total. The zero-order valence-corrected chi connectivity index (χ0v) is 20.6. The summed E-state index contributed by atoms with van der Waals surface area (Å²) in [5.74, 6) is -0.119. The van der Waals surface area contributed by atoms with Gasteiger partial charge in [0.2, 0.25) is 15.9 Å². The molecule has 184 valence electrons. The van der Waals surface area contributed by atoms with E-state index in [1.165, 1.54) is 19.3 Å². The monoisotopic (exact) mass is 486 g/mol. The summed E-state index contributed by atoms with van der Waals surface area (Å²) in [7, 11) is -2.15. The van der Waals surface area contributed by atoms with Crippen LogP contribution in [0, 0.1) is 0 Å². The number of carbonyl (C=O) groups excluding carboxylic acids is 1. The first kappa shape index (κ1) is 24.2. The lowest BCUT2D eigenvalue weighted by molar-refractivity contribution is -0.128. The Morgan fingerprint density at radius 3 is 2.03 bits per heavy atom. The Hall–Kier alpha value is -2.94. The number of hydrogen-bond acceptors (Lipinski definition) is 6. The molecule has 4 rings (SSSR count). The molecule has 2 aromatic rings. The van der Waals surface area contributed by atoms with Crippen LogP contribution in [0.15, 0.2) is 48.5 Å². The third kappa shape index (κ3) is 6.34. The highest BCUT2D eigenvalue weighted by Gasteiger charge is 2.24. The molecule has 0 aromatic heterocycles. The minimum atomic E-state index is -3.79. The van der Waals surface area contributed by atoms with E-state index < -0.39 is 15.8 Å². The zero-order chi connectivity index (χ0) is 24.0. The number of amides is 1. The predicted molar refractivity (Wildman–Crippen MR) is 136 cm³/mol. The molecule has 2 aromatic carbocycles. The van der Waals surface area contributed by atoms with Crippen LogP contribution < -0.4 is 19.3 Å². The van der Waals surface area contributed by atoms with Crippen molar-refractivity contribution in [2.75, 3.05) is 66.7 Å². The summed E-state index contributed by atoms with van der Waals surface area (Å²) >= 11 is 0. The first-order valence-electron chi connectivity index (χ1n) is 12.0. The molecule has 2 fully saturated rings. The van der Waals surface area contributed by atoms with Gasteiger partial charge in [-0.1, -0.05) is 0 Å². The molecule has 0 spiro atoms. The summed E-state index contributed by atoms with van der Waals surface area (Å²) in [6.45, 7) is 4.57. The van der Waals surface area contributed by atoms with Crippen molar-refractivity contribution in [3.63, 3.8) is 0 Å². The highest BCUT2D eigenvalue weighted by molar-refractivity contribution is 7.93. The molecule has 0 atom stereocenters. The van der Waals surface area contributed by atoms with Crippen molar-refractivity contribution in [3.05, 3.63) is 48.5 Å². The topological polar surface area (TPSA) is 82.2 Å². The largest absolute Gasteiger partial charge is 0.497 e. The van der Waals surface area contributed by atoms with E-state index in [2.05, 4.69) is 14.5 Å². The quantitative estimate of drug-likeness (QED) is 0.648. The highest BCUT2D eigenvalue weighted by atomic mass is 32.2. The second-order valence-electron chi connectivity index (χ2n) is 8.88. The number of methoxy groups -OCH3 is 1. The van der Waals surface area contributed by atoms with Gasteiger partial charge in [0, 0.05) is 56.3 Å². The smallest absolute Gasteiger partial charge is 0.241 e. The van der Waals surface area contributed by atoms with Gasteiger partial charge in [-0.05, 0) is 74.2 Å². The van der Waals surface area contributed by atoms with Crippen molar-refractivity contribution in [2.24, 2.45) is 0 Å². The van der Waals surface area contributed by atoms with E-state index >= 15 is 0 Å². The third-order valence-corrected chi connectivity index (χ3v) is 7.64. The fourth-order valence-corrected chi connectivity index (χ4v) is 5.66. The lowest BCUT2D eigenvalue weighted by atomic mass is 10.1. The van der Waals surface area contributed by atoms with Crippen LogP contribution in [-0.4, -0.2) is 71.4 Å². The van der Waals surface area contributed by atoms with E-state index in [1.807, 2.05) is 36.4 Å². The van der Waals surface area contributed by atoms with Gasteiger partial charge in [0.05, 0.1) is 7.11 Å². The van der Waals surface area contributed by atoms with Crippen LogP contribution in [0.4, 0.5) is 17.1 Å². The fraction of sp³-hybridized carbons (Fsp3) is 0.480. The molecule has 8 nitrogen and oxygen atoms in total. The Labute approximate surface area is 202 Å². The van der Waals surface area contributed by atoms with Crippen LogP contribution in [0.1, 0.15) is 25.7 Å². The van der Waals surface area contributed by atoms with Crippen LogP contribution in [0.2, 0.25) is 0 Å². The van der Waals surface area contributed by atoms with Gasteiger partial charge in [-0.25, -0.2) is 8.42 Å². The summed E-state index contributed by atoms with van der Waals surface area (Å²) in [5.41, 5.74) is 2.65. The molecule has 0 radical (unpaired) electrons. The van der Waals surface area contributed by atoms with Crippen molar-refractivity contribution in [2.45, 2.75) is 25.7 Å². The van der Waals surface area contributed by atoms with Crippen LogP contribution in [-0.2, 0) is 14.8 Å². The molecule has 2 aliphatic heterocycles. The Bertz CT molecular complexity index is 1050. The Balaban J connectivity index is 1.30. The average molecular weight is 487 g/mol. The number of rotatable bonds is 7. The van der Waals surface area contributed by atoms with Gasteiger partial charge in [0.15, 0.2) is 0 Å². The second kappa shape index (κ2) is 11.0. The van der Waals surface area contributed by atoms with Gasteiger partial charge in [-0.15, -0.1) is 0 Å². The maximum absolute atomic E-state index is 12.8. The van der Waals surface area contributed by atoms with Crippen LogP contribution >= 0.6 is 0 Å². The first-order chi connectivity index (χ1) is 16.4. The SMILES string of the molecule is COc1ccc(N2CCCN(C(=O)CS(=O)(=O)Nc3ccc(N4CCCCC4)cc3)CC2)cc1. The molecule has 2 saturated heterocycles. The summed E-state index contributed by atoms with van der Waals surface area (Å²) in [6, 6.07) is 15.2. The molecular weight excluding hydrogens is 452 g/mol. The van der Waals surface area contributed by atoms with Crippen molar-refractivity contribution < 1.29 is 17.9 Å². The van der Waals surface area contributed by atoms with E-state index in [0.29, 0.717) is 25.3 Å². The van der Waals surface area contributed by atoms with Crippen LogP contribution in [0.25, 0.3) is 0 Å². The average Bonchev–Trinajstić information content (AvgIpc) is 3.11. The van der Waals surface area contributed by atoms with Crippen molar-refractivity contribution in [1.82, 2.24) is 4.90 Å². The summed E-state index contributed by atoms with van der Waals surface area (Å²) in [6.07, 6.45) is 4.41. The Morgan fingerprint density at radius 2 is 1.38 bits per heavy atom. The number of carbonyl (C=O) groups is 1. The normalized spacial score (nSPS) is 17.3. The van der Waals surface area contributed by atoms with Gasteiger partial charge >= 0.3 is 0 Å². The summed E-state index contributed by atoms with van der Waals surface area (Å²) in [4.78, 5) is 19.0. The molecule has 0 aliphatic carbocycles. The Morgan fingerprint density at radius 1 is 0.794 bits per heavy atom. The first-order valence-corrected chi connectivity index (χ1v) is 13.6. The second-order valence-corrected chi connectivity index (χ2v) is 10.6. The molecule has 34 heavy (non-hydrogen) atoms. The number of benzene rings is 2.